The van der Waals surface area contributed by atoms with E-state index in [1.54, 1.807) is 6.07 Å². The maximum absolute atomic E-state index is 10.6. The average Bonchev–Trinajstić information content (AvgIpc) is 2.17. The molecule has 0 spiro atoms. The lowest BCUT2D eigenvalue weighted by Gasteiger charge is -2.01. The van der Waals surface area contributed by atoms with E-state index in [0.29, 0.717) is 16.1 Å². The van der Waals surface area contributed by atoms with Crippen LogP contribution in [0.4, 0.5) is 0 Å². The van der Waals surface area contributed by atoms with Crippen molar-refractivity contribution in [1.82, 2.24) is 0 Å². The maximum Gasteiger partial charge on any atom is 0.152 e. The summed E-state index contributed by atoms with van der Waals surface area (Å²) >= 11 is 1.94. The monoisotopic (exact) mass is 285 g/mol. The van der Waals surface area contributed by atoms with Crippen molar-refractivity contribution < 1.29 is 9.59 Å². The highest BCUT2D eigenvalue weighted by Crippen LogP contribution is 2.17. The van der Waals surface area contributed by atoms with Gasteiger partial charge in [0.05, 0.1) is 11.6 Å². The Labute approximate surface area is 88.5 Å². The zero-order valence-corrected chi connectivity index (χ0v) is 8.61. The Balaban J connectivity index is 3.56. The number of aldehydes is 2. The molecule has 1 aromatic carbocycles. The predicted octanol–water partition coefficient (Wildman–Crippen LogP) is 1.79. The number of rotatable bonds is 2. The second kappa shape index (κ2) is 4.14. The Morgan fingerprint density at radius 3 is 2.31 bits per heavy atom. The fourth-order valence-electron chi connectivity index (χ4n) is 0.954. The lowest BCUT2D eigenvalue weighted by atomic mass is 10.0. The van der Waals surface area contributed by atoms with Crippen LogP contribution in [0.1, 0.15) is 26.3 Å². The number of halogens is 1. The van der Waals surface area contributed by atoms with Crippen molar-refractivity contribution in [1.29, 1.82) is 5.26 Å². The van der Waals surface area contributed by atoms with Gasteiger partial charge in [0.15, 0.2) is 12.6 Å². The third kappa shape index (κ3) is 1.75. The molecule has 0 bridgehead atoms. The minimum Gasteiger partial charge on any atom is -0.298 e. The van der Waals surface area contributed by atoms with Gasteiger partial charge in [0.25, 0.3) is 0 Å². The molecule has 0 fully saturated rings. The van der Waals surface area contributed by atoms with Crippen molar-refractivity contribution in [2.75, 3.05) is 0 Å². The van der Waals surface area contributed by atoms with Crippen LogP contribution in [0.3, 0.4) is 0 Å². The van der Waals surface area contributed by atoms with Gasteiger partial charge in [0, 0.05) is 14.7 Å². The molecule has 0 atom stereocenters. The van der Waals surface area contributed by atoms with Gasteiger partial charge >= 0.3 is 0 Å². The van der Waals surface area contributed by atoms with Gasteiger partial charge < -0.3 is 0 Å². The molecule has 0 heterocycles. The zero-order chi connectivity index (χ0) is 9.84. The molecule has 0 aliphatic carbocycles. The Hall–Kier alpha value is -1.22. The van der Waals surface area contributed by atoms with E-state index in [-0.39, 0.29) is 16.7 Å². The predicted molar refractivity (Wildman–Crippen MR) is 54.6 cm³/mol. The molecule has 0 aromatic heterocycles. The number of carbonyl (C=O) groups excluding carboxylic acids is 2. The molecule has 1 rings (SSSR count). The molecular formula is C9H4INO2. The summed E-state index contributed by atoms with van der Waals surface area (Å²) in [5.41, 5.74) is 0.691. The highest BCUT2D eigenvalue weighted by atomic mass is 127. The molecule has 0 radical (unpaired) electrons. The molecule has 0 unspecified atom stereocenters. The molecule has 1 aromatic rings. The van der Waals surface area contributed by atoms with Gasteiger partial charge in [-0.25, -0.2) is 0 Å². The Morgan fingerprint density at radius 2 is 1.85 bits per heavy atom. The normalized spacial score (nSPS) is 8.92. The maximum atomic E-state index is 10.6. The van der Waals surface area contributed by atoms with Crippen LogP contribution >= 0.6 is 22.6 Å². The summed E-state index contributed by atoms with van der Waals surface area (Å²) in [6, 6.07) is 5.02. The Morgan fingerprint density at radius 1 is 1.23 bits per heavy atom. The van der Waals surface area contributed by atoms with Gasteiger partial charge in [0.2, 0.25) is 0 Å². The van der Waals surface area contributed by atoms with Gasteiger partial charge in [-0.15, -0.1) is 0 Å². The summed E-state index contributed by atoms with van der Waals surface area (Å²) < 4.78 is 0.675. The first kappa shape index (κ1) is 9.86. The molecule has 0 saturated heterocycles. The van der Waals surface area contributed by atoms with Crippen molar-refractivity contribution in [3.8, 4) is 6.07 Å². The van der Waals surface area contributed by atoms with Crippen LogP contribution < -0.4 is 0 Å². The molecule has 0 aliphatic heterocycles. The first-order chi connectivity index (χ1) is 6.24. The average molecular weight is 285 g/mol. The lowest BCUT2D eigenvalue weighted by molar-refractivity contribution is 0.109. The molecule has 0 aliphatic rings. The quantitative estimate of drug-likeness (QED) is 0.615. The van der Waals surface area contributed by atoms with Crippen molar-refractivity contribution in [2.24, 2.45) is 0 Å². The zero-order valence-electron chi connectivity index (χ0n) is 6.45. The number of hydrogen-bond donors (Lipinski definition) is 0. The summed E-state index contributed by atoms with van der Waals surface area (Å²) in [5, 5.41) is 8.63. The summed E-state index contributed by atoms with van der Waals surface area (Å²) in [7, 11) is 0. The number of benzene rings is 1. The summed E-state index contributed by atoms with van der Waals surface area (Å²) in [5.74, 6) is 0. The van der Waals surface area contributed by atoms with E-state index in [2.05, 4.69) is 0 Å². The fourth-order valence-corrected chi connectivity index (χ4v) is 1.55. The van der Waals surface area contributed by atoms with E-state index in [4.69, 9.17) is 5.26 Å². The van der Waals surface area contributed by atoms with Crippen molar-refractivity contribution >= 4 is 35.2 Å². The van der Waals surface area contributed by atoms with Gasteiger partial charge in [-0.2, -0.15) is 5.26 Å². The van der Waals surface area contributed by atoms with E-state index >= 15 is 0 Å². The first-order valence-corrected chi connectivity index (χ1v) is 4.45. The minimum absolute atomic E-state index is 0.171. The topological polar surface area (TPSA) is 57.9 Å². The number of carbonyl (C=O) groups is 2. The molecule has 13 heavy (non-hydrogen) atoms. The smallest absolute Gasteiger partial charge is 0.152 e. The fraction of sp³-hybridized carbons (Fsp3) is 0. The molecular weight excluding hydrogens is 281 g/mol. The van der Waals surface area contributed by atoms with Crippen molar-refractivity contribution in [3.05, 3.63) is 32.4 Å². The van der Waals surface area contributed by atoms with E-state index in [9.17, 15) is 9.59 Å². The molecule has 4 heteroatoms. The van der Waals surface area contributed by atoms with Crippen molar-refractivity contribution in [3.63, 3.8) is 0 Å². The van der Waals surface area contributed by atoms with E-state index in [1.165, 1.54) is 6.07 Å². The highest BCUT2D eigenvalue weighted by molar-refractivity contribution is 14.1. The van der Waals surface area contributed by atoms with Crippen LogP contribution in [0.25, 0.3) is 0 Å². The third-order valence-corrected chi connectivity index (χ3v) is 2.53. The van der Waals surface area contributed by atoms with Gasteiger partial charge in [-0.05, 0) is 34.7 Å². The highest BCUT2D eigenvalue weighted by Gasteiger charge is 2.09. The molecule has 3 nitrogen and oxygen atoms in total. The Bertz CT molecular complexity index is 407. The second-order valence-corrected chi connectivity index (χ2v) is 3.43. The van der Waals surface area contributed by atoms with Gasteiger partial charge in [-0.1, -0.05) is 0 Å². The molecule has 64 valence electrons. The van der Waals surface area contributed by atoms with Gasteiger partial charge in [0.1, 0.15) is 0 Å². The number of nitrogens with zero attached hydrogens (tertiary/aromatic N) is 1. The van der Waals surface area contributed by atoms with Crippen LogP contribution in [-0.4, -0.2) is 12.6 Å². The van der Waals surface area contributed by atoms with Crippen molar-refractivity contribution in [2.45, 2.75) is 0 Å². The Kier molecular flexibility index (Phi) is 3.14. The molecule has 0 amide bonds. The molecule has 0 saturated carbocycles. The largest absolute Gasteiger partial charge is 0.298 e. The van der Waals surface area contributed by atoms with Crippen LogP contribution in [0.15, 0.2) is 12.1 Å². The third-order valence-electron chi connectivity index (χ3n) is 1.59. The van der Waals surface area contributed by atoms with E-state index < -0.39 is 0 Å². The number of nitriles is 1. The standard InChI is InChI=1S/C9H4INO2/c10-9-2-1-6(3-11)7(4-12)8(9)5-13/h1-2,4-5H. The minimum atomic E-state index is 0.171. The number of hydrogen-bond acceptors (Lipinski definition) is 3. The van der Waals surface area contributed by atoms with E-state index in [0.717, 1.165) is 0 Å². The molecule has 0 N–H and O–H groups in total. The summed E-state index contributed by atoms with van der Waals surface area (Å²) in [6.07, 6.45) is 1.12. The lowest BCUT2D eigenvalue weighted by Crippen LogP contribution is -1.98. The van der Waals surface area contributed by atoms with E-state index in [1.807, 2.05) is 28.7 Å². The van der Waals surface area contributed by atoms with Gasteiger partial charge in [-0.3, -0.25) is 9.59 Å². The van der Waals surface area contributed by atoms with Crippen LogP contribution in [0.2, 0.25) is 0 Å². The second-order valence-electron chi connectivity index (χ2n) is 2.27. The summed E-state index contributed by atoms with van der Waals surface area (Å²) in [6.45, 7) is 0. The SMILES string of the molecule is N#Cc1ccc(I)c(C=O)c1C=O. The summed E-state index contributed by atoms with van der Waals surface area (Å²) in [4.78, 5) is 21.2. The van der Waals surface area contributed by atoms with Crippen LogP contribution in [0, 0.1) is 14.9 Å². The first-order valence-electron chi connectivity index (χ1n) is 3.37. The van der Waals surface area contributed by atoms with Crippen LogP contribution in [0.5, 0.6) is 0 Å². The van der Waals surface area contributed by atoms with Crippen LogP contribution in [-0.2, 0) is 0 Å².